The van der Waals surface area contributed by atoms with Gasteiger partial charge in [-0.05, 0) is 68.1 Å². The van der Waals surface area contributed by atoms with Gasteiger partial charge in [-0.1, -0.05) is 28.1 Å². The zero-order valence-corrected chi connectivity index (χ0v) is 17.4. The highest BCUT2D eigenvalue weighted by Gasteiger charge is 2.16. The van der Waals surface area contributed by atoms with E-state index in [0.717, 1.165) is 26.7 Å². The Morgan fingerprint density at radius 2 is 1.78 bits per heavy atom. The summed E-state index contributed by atoms with van der Waals surface area (Å²) in [7, 11) is 0. The number of benzene rings is 2. The van der Waals surface area contributed by atoms with Crippen LogP contribution in [0, 0.1) is 20.8 Å². The molecule has 0 heterocycles. The van der Waals surface area contributed by atoms with E-state index in [9.17, 15) is 14.4 Å². The van der Waals surface area contributed by atoms with E-state index in [-0.39, 0.29) is 24.8 Å². The molecule has 0 radical (unpaired) electrons. The largest absolute Gasteiger partial charge is 0.459 e. The first-order valence-corrected chi connectivity index (χ1v) is 9.30. The van der Waals surface area contributed by atoms with Crippen LogP contribution < -0.4 is 5.32 Å². The Bertz CT molecular complexity index is 905. The Morgan fingerprint density at radius 1 is 1.07 bits per heavy atom. The predicted octanol–water partition coefficient (Wildman–Crippen LogP) is 4.05. The molecule has 0 spiro atoms. The highest BCUT2D eigenvalue weighted by molar-refractivity contribution is 9.10. The van der Waals surface area contributed by atoms with Gasteiger partial charge >= 0.3 is 5.97 Å². The van der Waals surface area contributed by atoms with Gasteiger partial charge in [0, 0.05) is 15.6 Å². The summed E-state index contributed by atoms with van der Waals surface area (Å²) >= 11 is 3.30. The van der Waals surface area contributed by atoms with Crippen molar-refractivity contribution < 1.29 is 19.1 Å². The number of carbonyl (C=O) groups is 3. The third-order valence-electron chi connectivity index (χ3n) is 4.34. The minimum absolute atomic E-state index is 0.0149. The van der Waals surface area contributed by atoms with Crippen LogP contribution >= 0.6 is 15.9 Å². The molecule has 0 bridgehead atoms. The van der Waals surface area contributed by atoms with Gasteiger partial charge in [0.2, 0.25) is 0 Å². The number of rotatable bonds is 6. The van der Waals surface area contributed by atoms with Crippen LogP contribution in [0.3, 0.4) is 0 Å². The normalized spacial score (nSPS) is 10.4. The van der Waals surface area contributed by atoms with Crippen LogP contribution in [-0.4, -0.2) is 24.2 Å². The molecule has 0 aliphatic heterocycles. The van der Waals surface area contributed by atoms with Crippen molar-refractivity contribution in [1.82, 2.24) is 5.32 Å². The molecule has 0 aromatic heterocycles. The van der Waals surface area contributed by atoms with Gasteiger partial charge in [0.25, 0.3) is 5.91 Å². The number of esters is 1. The predicted molar refractivity (Wildman–Crippen MR) is 107 cm³/mol. The molecule has 27 heavy (non-hydrogen) atoms. The first-order valence-electron chi connectivity index (χ1n) is 8.50. The molecule has 0 saturated carbocycles. The minimum Gasteiger partial charge on any atom is -0.459 e. The molecular weight excluding hydrogens is 410 g/mol. The number of ether oxygens (including phenoxy) is 1. The minimum atomic E-state index is -0.540. The van der Waals surface area contributed by atoms with Crippen LogP contribution in [0.4, 0.5) is 0 Å². The quantitative estimate of drug-likeness (QED) is 0.552. The molecule has 0 unspecified atom stereocenters. The van der Waals surface area contributed by atoms with Gasteiger partial charge in [-0.25, -0.2) is 0 Å². The first kappa shape index (κ1) is 20.8. The molecule has 0 aliphatic rings. The van der Waals surface area contributed by atoms with Crippen LogP contribution in [0.15, 0.2) is 34.8 Å². The fraction of sp³-hybridized carbons (Fsp3) is 0.286. The zero-order valence-electron chi connectivity index (χ0n) is 15.8. The number of hydrogen-bond acceptors (Lipinski definition) is 4. The first-order chi connectivity index (χ1) is 12.7. The van der Waals surface area contributed by atoms with Crippen molar-refractivity contribution in [2.24, 2.45) is 0 Å². The Balaban J connectivity index is 1.99. The van der Waals surface area contributed by atoms with Crippen molar-refractivity contribution in [3.05, 3.63) is 68.2 Å². The molecule has 2 aromatic carbocycles. The molecule has 1 amide bonds. The molecule has 0 aliphatic carbocycles. The number of aryl methyl sites for hydroxylation is 2. The number of carbonyl (C=O) groups excluding carboxylic acids is 3. The van der Waals surface area contributed by atoms with Crippen molar-refractivity contribution >= 4 is 33.6 Å². The van der Waals surface area contributed by atoms with Crippen molar-refractivity contribution in [2.45, 2.75) is 34.3 Å². The van der Waals surface area contributed by atoms with E-state index in [0.29, 0.717) is 11.1 Å². The van der Waals surface area contributed by atoms with Gasteiger partial charge in [0.1, 0.15) is 13.2 Å². The molecule has 0 fully saturated rings. The monoisotopic (exact) mass is 431 g/mol. The average Bonchev–Trinajstić information content (AvgIpc) is 2.58. The molecule has 0 saturated heterocycles. The summed E-state index contributed by atoms with van der Waals surface area (Å²) < 4.78 is 6.08. The number of amides is 1. The van der Waals surface area contributed by atoms with Crippen LogP contribution in [0.5, 0.6) is 0 Å². The van der Waals surface area contributed by atoms with Gasteiger partial charge in [-0.2, -0.15) is 0 Å². The molecule has 1 N–H and O–H groups in total. The highest BCUT2D eigenvalue weighted by Crippen LogP contribution is 2.23. The summed E-state index contributed by atoms with van der Waals surface area (Å²) in [6, 6.07) is 8.80. The number of nitrogens with one attached hydrogen (secondary N) is 1. The summed E-state index contributed by atoms with van der Waals surface area (Å²) in [5.41, 5.74) is 4.63. The SMILES string of the molecule is CC(=O)c1c(C)cc(C)c(COC(=O)CNC(=O)c2cccc(Br)c2)c1C. The Labute approximate surface area is 167 Å². The maximum Gasteiger partial charge on any atom is 0.325 e. The van der Waals surface area contributed by atoms with E-state index in [1.54, 1.807) is 18.2 Å². The molecule has 5 nitrogen and oxygen atoms in total. The van der Waals surface area contributed by atoms with E-state index < -0.39 is 5.97 Å². The Kier molecular flexibility index (Phi) is 6.91. The van der Waals surface area contributed by atoms with Gasteiger partial charge in [-0.3, -0.25) is 14.4 Å². The second-order valence-electron chi connectivity index (χ2n) is 6.40. The smallest absolute Gasteiger partial charge is 0.325 e. The molecule has 0 atom stereocenters. The molecule has 2 aromatic rings. The second-order valence-corrected chi connectivity index (χ2v) is 7.31. The Morgan fingerprint density at radius 3 is 2.41 bits per heavy atom. The number of halogens is 1. The van der Waals surface area contributed by atoms with Gasteiger partial charge in [0.05, 0.1) is 0 Å². The summed E-state index contributed by atoms with van der Waals surface area (Å²) in [5, 5.41) is 2.54. The van der Waals surface area contributed by atoms with Crippen molar-refractivity contribution in [3.63, 3.8) is 0 Å². The highest BCUT2D eigenvalue weighted by atomic mass is 79.9. The fourth-order valence-electron chi connectivity index (χ4n) is 3.08. The van der Waals surface area contributed by atoms with E-state index in [1.807, 2.05) is 32.9 Å². The lowest BCUT2D eigenvalue weighted by atomic mass is 9.92. The van der Waals surface area contributed by atoms with E-state index in [4.69, 9.17) is 4.74 Å². The lowest BCUT2D eigenvalue weighted by molar-refractivity contribution is -0.143. The lowest BCUT2D eigenvalue weighted by Crippen LogP contribution is -2.30. The van der Waals surface area contributed by atoms with Crippen molar-refractivity contribution in [1.29, 1.82) is 0 Å². The van der Waals surface area contributed by atoms with E-state index >= 15 is 0 Å². The lowest BCUT2D eigenvalue weighted by Gasteiger charge is -2.16. The zero-order chi connectivity index (χ0) is 20.1. The van der Waals surface area contributed by atoms with Crippen LogP contribution in [0.2, 0.25) is 0 Å². The maximum atomic E-state index is 12.1. The molecular formula is C21H22BrNO4. The number of hydrogen-bond donors (Lipinski definition) is 1. The van der Waals surface area contributed by atoms with Gasteiger partial charge < -0.3 is 10.1 Å². The topological polar surface area (TPSA) is 72.5 Å². The summed E-state index contributed by atoms with van der Waals surface area (Å²) in [6.07, 6.45) is 0. The van der Waals surface area contributed by atoms with E-state index in [1.165, 1.54) is 6.92 Å². The molecule has 2 rings (SSSR count). The summed E-state index contributed by atoms with van der Waals surface area (Å²) in [4.78, 5) is 35.9. The molecule has 142 valence electrons. The third-order valence-corrected chi connectivity index (χ3v) is 4.83. The Hall–Kier alpha value is -2.47. The number of ketones is 1. The van der Waals surface area contributed by atoms with Crippen LogP contribution in [-0.2, 0) is 16.1 Å². The molecule has 6 heteroatoms. The summed E-state index contributed by atoms with van der Waals surface area (Å²) in [6.45, 7) is 7.03. The standard InChI is InChI=1S/C21H22BrNO4/c1-12-8-13(2)20(15(4)24)14(3)18(12)11-27-19(25)10-23-21(26)16-6-5-7-17(22)9-16/h5-9H,10-11H2,1-4H3,(H,23,26). The van der Waals surface area contributed by atoms with E-state index in [2.05, 4.69) is 21.2 Å². The maximum absolute atomic E-state index is 12.1. The van der Waals surface area contributed by atoms with Crippen LogP contribution in [0.25, 0.3) is 0 Å². The van der Waals surface area contributed by atoms with Crippen molar-refractivity contribution in [2.75, 3.05) is 6.54 Å². The van der Waals surface area contributed by atoms with Crippen LogP contribution in [0.1, 0.15) is 49.9 Å². The summed E-state index contributed by atoms with van der Waals surface area (Å²) in [5.74, 6) is -0.907. The number of Topliss-reactive ketones (excluding diaryl/α,β-unsaturated/α-hetero) is 1. The second kappa shape index (κ2) is 8.95. The third kappa shape index (κ3) is 5.26. The van der Waals surface area contributed by atoms with Crippen molar-refractivity contribution in [3.8, 4) is 0 Å². The van der Waals surface area contributed by atoms with Gasteiger partial charge in [-0.15, -0.1) is 0 Å². The fourth-order valence-corrected chi connectivity index (χ4v) is 3.48. The average molecular weight is 432 g/mol. The van der Waals surface area contributed by atoms with Gasteiger partial charge in [0.15, 0.2) is 5.78 Å².